The smallest absolute Gasteiger partial charge is 0.120 e. The molecule has 21 heavy (non-hydrogen) atoms. The summed E-state index contributed by atoms with van der Waals surface area (Å²) in [6, 6.07) is 6.63. The van der Waals surface area contributed by atoms with E-state index in [4.69, 9.17) is 16.3 Å². The average molecular weight is 310 g/mol. The monoisotopic (exact) mass is 309 g/mol. The molecule has 1 fully saturated rings. The van der Waals surface area contributed by atoms with Crippen LogP contribution in [0.5, 0.6) is 5.75 Å². The van der Waals surface area contributed by atoms with Crippen LogP contribution < -0.4 is 10.1 Å². The molecule has 0 aliphatic heterocycles. The number of benzene rings is 1. The fourth-order valence-electron chi connectivity index (χ4n) is 3.70. The highest BCUT2D eigenvalue weighted by molar-refractivity contribution is 6.31. The summed E-state index contributed by atoms with van der Waals surface area (Å²) >= 11 is 6.19. The largest absolute Gasteiger partial charge is 0.490 e. The molecule has 1 aliphatic rings. The number of nitrogens with one attached hydrogen (secondary N) is 1. The Morgan fingerprint density at radius 2 is 1.95 bits per heavy atom. The highest BCUT2D eigenvalue weighted by Gasteiger charge is 2.53. The van der Waals surface area contributed by atoms with Gasteiger partial charge >= 0.3 is 0 Å². The molecule has 3 heteroatoms. The molecule has 0 heterocycles. The molecule has 1 aromatic carbocycles. The van der Waals surface area contributed by atoms with Crippen molar-refractivity contribution in [3.05, 3.63) is 28.8 Å². The zero-order chi connectivity index (χ0) is 15.5. The van der Waals surface area contributed by atoms with Gasteiger partial charge in [0.1, 0.15) is 11.9 Å². The first-order valence-corrected chi connectivity index (χ1v) is 8.67. The van der Waals surface area contributed by atoms with Gasteiger partial charge in [0.05, 0.1) is 0 Å². The van der Waals surface area contributed by atoms with Gasteiger partial charge in [-0.3, -0.25) is 0 Å². The number of hydrogen-bond acceptors (Lipinski definition) is 2. The van der Waals surface area contributed by atoms with Crippen LogP contribution in [0.3, 0.4) is 0 Å². The summed E-state index contributed by atoms with van der Waals surface area (Å²) in [5.41, 5.74) is 1.43. The van der Waals surface area contributed by atoms with E-state index in [1.165, 1.54) is 0 Å². The van der Waals surface area contributed by atoms with E-state index in [0.717, 1.165) is 48.6 Å². The van der Waals surface area contributed by atoms with Gasteiger partial charge in [0.2, 0.25) is 0 Å². The van der Waals surface area contributed by atoms with E-state index in [-0.39, 0.29) is 5.41 Å². The number of ether oxygens (including phenoxy) is 1. The summed E-state index contributed by atoms with van der Waals surface area (Å²) in [6.07, 6.45) is 4.65. The molecule has 1 aliphatic carbocycles. The van der Waals surface area contributed by atoms with Crippen LogP contribution in [0.2, 0.25) is 5.02 Å². The number of rotatable bonds is 7. The Morgan fingerprint density at radius 1 is 1.24 bits per heavy atom. The van der Waals surface area contributed by atoms with Gasteiger partial charge in [0.15, 0.2) is 0 Å². The second kappa shape index (κ2) is 7.02. The second-order valence-electron chi connectivity index (χ2n) is 6.00. The highest BCUT2D eigenvalue weighted by atomic mass is 35.5. The highest BCUT2D eigenvalue weighted by Crippen LogP contribution is 2.49. The third kappa shape index (κ3) is 3.07. The summed E-state index contributed by atoms with van der Waals surface area (Å²) in [4.78, 5) is 0. The minimum atomic E-state index is 0.266. The lowest BCUT2D eigenvalue weighted by atomic mass is 9.58. The first-order valence-electron chi connectivity index (χ1n) is 8.29. The lowest BCUT2D eigenvalue weighted by molar-refractivity contribution is -0.0854. The fraction of sp³-hybridized carbons (Fsp3) is 0.667. The Labute approximate surface area is 134 Å². The van der Waals surface area contributed by atoms with Gasteiger partial charge in [0.25, 0.3) is 0 Å². The van der Waals surface area contributed by atoms with Crippen LogP contribution in [0.1, 0.15) is 52.5 Å². The molecule has 2 rings (SSSR count). The summed E-state index contributed by atoms with van der Waals surface area (Å²) in [7, 11) is 0. The molecule has 0 spiro atoms. The fourth-order valence-corrected chi connectivity index (χ4v) is 3.95. The lowest BCUT2D eigenvalue weighted by Gasteiger charge is -2.55. The van der Waals surface area contributed by atoms with E-state index in [9.17, 15) is 0 Å². The number of halogens is 1. The molecular formula is C18H28ClNO. The van der Waals surface area contributed by atoms with E-state index in [2.05, 4.69) is 39.1 Å². The van der Waals surface area contributed by atoms with Gasteiger partial charge in [-0.05, 0) is 49.6 Å². The first-order chi connectivity index (χ1) is 10.1. The standard InChI is InChI=1S/C18H28ClNO/c1-5-13-11-14(9-10-15(13)19)21-17-12-16(20-8-4)18(17,6-2)7-3/h9-11,16-17,20H,5-8,12H2,1-4H3. The minimum Gasteiger partial charge on any atom is -0.490 e. The molecule has 0 aromatic heterocycles. The van der Waals surface area contributed by atoms with Crippen LogP contribution in [0, 0.1) is 5.41 Å². The molecule has 2 atom stereocenters. The number of hydrogen-bond donors (Lipinski definition) is 1. The molecule has 2 unspecified atom stereocenters. The van der Waals surface area contributed by atoms with Crippen molar-refractivity contribution in [3.8, 4) is 5.75 Å². The predicted molar refractivity (Wildman–Crippen MR) is 90.3 cm³/mol. The van der Waals surface area contributed by atoms with Gasteiger partial charge in [-0.25, -0.2) is 0 Å². The average Bonchev–Trinajstić information content (AvgIpc) is 2.49. The van der Waals surface area contributed by atoms with E-state index >= 15 is 0 Å². The van der Waals surface area contributed by atoms with Gasteiger partial charge in [-0.2, -0.15) is 0 Å². The summed E-state index contributed by atoms with van der Waals surface area (Å²) < 4.78 is 6.32. The number of aryl methyl sites for hydroxylation is 1. The Bertz CT molecular complexity index is 470. The first kappa shape index (κ1) is 16.6. The topological polar surface area (TPSA) is 21.3 Å². The Balaban J connectivity index is 2.12. The molecule has 0 saturated heterocycles. The Kier molecular flexibility index (Phi) is 5.56. The minimum absolute atomic E-state index is 0.266. The van der Waals surface area contributed by atoms with Crippen LogP contribution in [-0.4, -0.2) is 18.7 Å². The van der Waals surface area contributed by atoms with Gasteiger partial charge in [0, 0.05) is 22.9 Å². The molecule has 0 bridgehead atoms. The van der Waals surface area contributed by atoms with E-state index in [1.807, 2.05) is 12.1 Å². The summed E-state index contributed by atoms with van der Waals surface area (Å²) in [5.74, 6) is 0.961. The molecule has 0 amide bonds. The molecule has 1 N–H and O–H groups in total. The molecular weight excluding hydrogens is 282 g/mol. The van der Waals surface area contributed by atoms with Crippen molar-refractivity contribution >= 4 is 11.6 Å². The Hall–Kier alpha value is -0.730. The maximum Gasteiger partial charge on any atom is 0.120 e. The van der Waals surface area contributed by atoms with Crippen LogP contribution in [-0.2, 0) is 6.42 Å². The predicted octanol–water partition coefficient (Wildman–Crippen LogP) is 4.84. The van der Waals surface area contributed by atoms with E-state index in [0.29, 0.717) is 12.1 Å². The van der Waals surface area contributed by atoms with Crippen LogP contribution in [0.4, 0.5) is 0 Å². The molecule has 1 aromatic rings. The van der Waals surface area contributed by atoms with Crippen molar-refractivity contribution in [2.45, 2.75) is 65.5 Å². The molecule has 2 nitrogen and oxygen atoms in total. The lowest BCUT2D eigenvalue weighted by Crippen LogP contribution is -2.64. The van der Waals surface area contributed by atoms with Crippen molar-refractivity contribution in [2.24, 2.45) is 5.41 Å². The maximum absolute atomic E-state index is 6.32. The Morgan fingerprint density at radius 3 is 2.52 bits per heavy atom. The summed E-state index contributed by atoms with van der Waals surface area (Å²) in [5, 5.41) is 4.46. The van der Waals surface area contributed by atoms with Crippen molar-refractivity contribution < 1.29 is 4.74 Å². The van der Waals surface area contributed by atoms with Gasteiger partial charge in [-0.15, -0.1) is 0 Å². The molecule has 1 saturated carbocycles. The van der Waals surface area contributed by atoms with Gasteiger partial charge < -0.3 is 10.1 Å². The van der Waals surface area contributed by atoms with Crippen LogP contribution >= 0.6 is 11.6 Å². The van der Waals surface area contributed by atoms with Crippen molar-refractivity contribution in [1.82, 2.24) is 5.32 Å². The third-order valence-corrected chi connectivity index (χ3v) is 5.60. The van der Waals surface area contributed by atoms with Crippen LogP contribution in [0.25, 0.3) is 0 Å². The molecule has 118 valence electrons. The quantitative estimate of drug-likeness (QED) is 0.778. The van der Waals surface area contributed by atoms with E-state index < -0.39 is 0 Å². The zero-order valence-electron chi connectivity index (χ0n) is 13.7. The van der Waals surface area contributed by atoms with Crippen molar-refractivity contribution in [2.75, 3.05) is 6.54 Å². The SMILES string of the molecule is CCNC1CC(Oc2ccc(Cl)c(CC)c2)C1(CC)CC. The normalized spacial score (nSPS) is 23.7. The maximum atomic E-state index is 6.32. The zero-order valence-corrected chi connectivity index (χ0v) is 14.5. The molecule has 0 radical (unpaired) electrons. The summed E-state index contributed by atoms with van der Waals surface area (Å²) in [6.45, 7) is 9.89. The van der Waals surface area contributed by atoms with Gasteiger partial charge in [-0.1, -0.05) is 39.3 Å². The van der Waals surface area contributed by atoms with Crippen molar-refractivity contribution in [1.29, 1.82) is 0 Å². The van der Waals surface area contributed by atoms with Crippen LogP contribution in [0.15, 0.2) is 18.2 Å². The van der Waals surface area contributed by atoms with E-state index in [1.54, 1.807) is 0 Å². The van der Waals surface area contributed by atoms with Crippen molar-refractivity contribution in [3.63, 3.8) is 0 Å². The second-order valence-corrected chi connectivity index (χ2v) is 6.41. The third-order valence-electron chi connectivity index (χ3n) is 5.23.